The SMILES string of the molecule is Cc1cc(-n2nc3c(c2-n2ccn(-c4ccc5c(cnn5C)c4F)c2=O)[C@H](C)N(C(=O)c2cc4cc([C@H]5CCOC(C)(C)C5)ccc4n2[C@@]2(c4noc(=O)[nH]4)C[C@@H]2C)CC32CCC(=O)CC2)cc(C)c1F. The van der Waals surface area contributed by atoms with Crippen molar-refractivity contribution in [2.45, 2.75) is 115 Å². The van der Waals surface area contributed by atoms with E-state index in [9.17, 15) is 9.59 Å². The number of halogens is 2. The molecule has 4 aliphatic rings. The van der Waals surface area contributed by atoms with E-state index in [0.29, 0.717) is 76.8 Å². The van der Waals surface area contributed by atoms with Gasteiger partial charge in [-0.25, -0.2) is 23.1 Å². The second-order valence-corrected chi connectivity index (χ2v) is 21.2. The predicted octanol–water partition coefficient (Wildman–Crippen LogP) is 8.28. The van der Waals surface area contributed by atoms with Crippen LogP contribution >= 0.6 is 0 Å². The summed E-state index contributed by atoms with van der Waals surface area (Å²) in [5.74, 6) is -1.08. The number of aromatic nitrogens is 9. The van der Waals surface area contributed by atoms with Crippen LogP contribution in [0.2, 0.25) is 0 Å². The number of benzene rings is 3. The van der Waals surface area contributed by atoms with E-state index < -0.39 is 34.3 Å². The maximum Gasteiger partial charge on any atom is 0.438 e. The highest BCUT2D eigenvalue weighted by molar-refractivity contribution is 6.00. The zero-order valence-electron chi connectivity index (χ0n) is 40.7. The molecule has 16 nitrogen and oxygen atoms in total. The van der Waals surface area contributed by atoms with Crippen LogP contribution in [0.1, 0.15) is 129 Å². The lowest BCUT2D eigenvalue weighted by atomic mass is 9.67. The molecule has 366 valence electrons. The molecule has 2 aliphatic heterocycles. The molecular formula is C53H54F2N10O6. The normalized spacial score (nSPS) is 22.7. The number of aryl methyl sites for hydroxylation is 3. The molecule has 8 aromatic rings. The Morgan fingerprint density at radius 1 is 0.901 bits per heavy atom. The minimum absolute atomic E-state index is 0.0166. The number of ketones is 1. The third-order valence-corrected chi connectivity index (χ3v) is 16.3. The molecule has 0 bridgehead atoms. The van der Waals surface area contributed by atoms with Gasteiger partial charge in [-0.2, -0.15) is 10.2 Å². The highest BCUT2D eigenvalue weighted by atomic mass is 19.1. The van der Waals surface area contributed by atoms with E-state index in [1.54, 1.807) is 54.7 Å². The van der Waals surface area contributed by atoms with Crippen LogP contribution in [0.3, 0.4) is 0 Å². The largest absolute Gasteiger partial charge is 0.438 e. The maximum absolute atomic E-state index is 16.4. The van der Waals surface area contributed by atoms with Crippen molar-refractivity contribution in [2.75, 3.05) is 13.2 Å². The van der Waals surface area contributed by atoms with Gasteiger partial charge in [0.2, 0.25) is 0 Å². The number of imidazole rings is 1. The number of hydrogen-bond acceptors (Lipinski definition) is 9. The Balaban J connectivity index is 1.07. The van der Waals surface area contributed by atoms with Crippen molar-refractivity contribution < 1.29 is 27.6 Å². The standard InChI is InChI=1S/C53H54F2N10O6/c1-28-20-35(21-29(2)43(28)54)65-46(62-18-17-61(50(62)69)40-11-10-39-37(44(40)55)26-56-60(39)7)42-31(4)63(27-52(45(42)58-65)15-12-36(66)13-16-52)47(67)41-23-34-22-32(33-14-19-70-51(5,6)25-33)8-9-38(34)64(41)53(24-30(53)3)48-57-49(68)71-59-48/h8-11,17-18,20-23,26,30-31,33H,12-16,19,24-25,27H2,1-7H3,(H,57,59,68)/t30-,31-,33-,53-/m0/s1. The number of fused-ring (bicyclic) bond motifs is 4. The van der Waals surface area contributed by atoms with Crippen molar-refractivity contribution in [3.63, 3.8) is 0 Å². The summed E-state index contributed by atoms with van der Waals surface area (Å²) in [5, 5.41) is 14.9. The van der Waals surface area contributed by atoms with Crippen LogP contribution in [-0.2, 0) is 27.5 Å². The number of carbonyl (C=O) groups is 2. The zero-order valence-corrected chi connectivity index (χ0v) is 40.7. The Bertz CT molecular complexity index is 3640. The highest BCUT2D eigenvalue weighted by Gasteiger charge is 2.60. The molecule has 1 saturated heterocycles. The number of aromatic amines is 1. The van der Waals surface area contributed by atoms with Gasteiger partial charge in [0, 0.05) is 67.3 Å². The van der Waals surface area contributed by atoms with Crippen molar-refractivity contribution in [3.05, 3.63) is 139 Å². The first-order chi connectivity index (χ1) is 33.9. The number of hydrogen-bond donors (Lipinski definition) is 1. The Kier molecular flexibility index (Phi) is 9.91. The minimum atomic E-state index is -0.918. The average Bonchev–Trinajstić information content (AvgIpc) is 3.98. The van der Waals surface area contributed by atoms with Crippen LogP contribution < -0.4 is 11.4 Å². The van der Waals surface area contributed by atoms with Gasteiger partial charge in [-0.3, -0.25) is 32.9 Å². The number of Topliss-reactive ketones (excluding diaryl/α,β-unsaturated/α-hetero) is 1. The van der Waals surface area contributed by atoms with Crippen LogP contribution in [0.4, 0.5) is 8.78 Å². The van der Waals surface area contributed by atoms with E-state index >= 15 is 18.4 Å². The molecule has 2 saturated carbocycles. The van der Waals surface area contributed by atoms with Gasteiger partial charge in [0.05, 0.1) is 45.8 Å². The highest BCUT2D eigenvalue weighted by Crippen LogP contribution is 2.57. The minimum Gasteiger partial charge on any atom is -0.376 e. The summed E-state index contributed by atoms with van der Waals surface area (Å²) in [6.07, 6.45) is 8.02. The van der Waals surface area contributed by atoms with E-state index in [-0.39, 0.29) is 65.4 Å². The lowest BCUT2D eigenvalue weighted by Crippen LogP contribution is -2.52. The first-order valence-corrected chi connectivity index (χ1v) is 24.4. The molecule has 71 heavy (non-hydrogen) atoms. The van der Waals surface area contributed by atoms with Crippen molar-refractivity contribution in [3.8, 4) is 17.2 Å². The smallest absolute Gasteiger partial charge is 0.376 e. The van der Waals surface area contributed by atoms with Crippen molar-refractivity contribution in [2.24, 2.45) is 13.0 Å². The molecule has 7 heterocycles. The fourth-order valence-corrected chi connectivity index (χ4v) is 12.4. The number of ether oxygens (including phenoxy) is 1. The summed E-state index contributed by atoms with van der Waals surface area (Å²) in [7, 11) is 1.71. The first-order valence-electron chi connectivity index (χ1n) is 24.4. The molecule has 12 rings (SSSR count). The lowest BCUT2D eigenvalue weighted by molar-refractivity contribution is -0.121. The van der Waals surface area contributed by atoms with Gasteiger partial charge < -0.3 is 14.2 Å². The summed E-state index contributed by atoms with van der Waals surface area (Å²) in [4.78, 5) is 61.6. The van der Waals surface area contributed by atoms with Crippen LogP contribution in [-0.4, -0.2) is 78.7 Å². The summed E-state index contributed by atoms with van der Waals surface area (Å²) in [5.41, 5.74) is 2.64. The van der Waals surface area contributed by atoms with Crippen LogP contribution in [0.5, 0.6) is 0 Å². The third-order valence-electron chi connectivity index (χ3n) is 16.3. The summed E-state index contributed by atoms with van der Waals surface area (Å²) < 4.78 is 50.8. The lowest BCUT2D eigenvalue weighted by Gasteiger charge is -2.47. The molecular weight excluding hydrogens is 911 g/mol. The van der Waals surface area contributed by atoms with Gasteiger partial charge in [0.15, 0.2) is 11.6 Å². The molecule has 3 fully saturated rings. The van der Waals surface area contributed by atoms with Gasteiger partial charge in [-0.15, -0.1) is 0 Å². The van der Waals surface area contributed by atoms with E-state index in [0.717, 1.165) is 29.3 Å². The van der Waals surface area contributed by atoms with Crippen LogP contribution in [0.15, 0.2) is 81.2 Å². The van der Waals surface area contributed by atoms with Gasteiger partial charge in [0.1, 0.15) is 28.7 Å². The number of rotatable bonds is 7. The van der Waals surface area contributed by atoms with E-state index in [1.165, 1.54) is 27.6 Å². The molecule has 5 aromatic heterocycles. The molecule has 0 radical (unpaired) electrons. The maximum atomic E-state index is 16.4. The average molecular weight is 965 g/mol. The van der Waals surface area contributed by atoms with Crippen LogP contribution in [0, 0.1) is 31.4 Å². The van der Waals surface area contributed by atoms with Gasteiger partial charge in [-0.1, -0.05) is 18.1 Å². The number of carbonyl (C=O) groups excluding carboxylic acids is 2. The predicted molar refractivity (Wildman–Crippen MR) is 259 cm³/mol. The topological polar surface area (TPSA) is 173 Å². The quantitative estimate of drug-likeness (QED) is 0.165. The molecule has 1 N–H and O–H groups in total. The number of nitrogens with one attached hydrogen (secondary N) is 1. The molecule has 1 amide bonds. The Hall–Kier alpha value is -7.21. The monoisotopic (exact) mass is 964 g/mol. The number of H-pyrrole nitrogens is 1. The van der Waals surface area contributed by atoms with Crippen LogP contribution in [0.25, 0.3) is 39.0 Å². The van der Waals surface area contributed by atoms with Crippen molar-refractivity contribution >= 4 is 33.5 Å². The Morgan fingerprint density at radius 2 is 1.62 bits per heavy atom. The Labute approximate surface area is 405 Å². The second kappa shape index (κ2) is 15.6. The van der Waals surface area contributed by atoms with Crippen molar-refractivity contribution in [1.82, 2.24) is 48.3 Å². The fraction of sp³-hybridized carbons (Fsp3) is 0.415. The summed E-state index contributed by atoms with van der Waals surface area (Å²) in [6, 6.07) is 14.1. The number of nitrogens with zero attached hydrogens (tertiary/aromatic N) is 9. The summed E-state index contributed by atoms with van der Waals surface area (Å²) >= 11 is 0. The van der Waals surface area contributed by atoms with E-state index in [1.807, 2.05) is 22.5 Å². The first kappa shape index (κ1) is 45.0. The van der Waals surface area contributed by atoms with Gasteiger partial charge in [0.25, 0.3) is 5.91 Å². The zero-order chi connectivity index (χ0) is 49.6. The fourth-order valence-electron chi connectivity index (χ4n) is 12.4. The summed E-state index contributed by atoms with van der Waals surface area (Å²) in [6.45, 7) is 12.3. The Morgan fingerprint density at radius 3 is 2.31 bits per heavy atom. The van der Waals surface area contributed by atoms with E-state index in [2.05, 4.69) is 54.2 Å². The molecule has 3 aromatic carbocycles. The van der Waals surface area contributed by atoms with Crippen molar-refractivity contribution in [1.29, 1.82) is 0 Å². The third kappa shape index (κ3) is 6.72. The van der Waals surface area contributed by atoms with E-state index in [4.69, 9.17) is 14.4 Å². The van der Waals surface area contributed by atoms with Gasteiger partial charge >= 0.3 is 11.4 Å². The molecule has 4 atom stereocenters. The molecule has 1 spiro atoms. The number of amides is 1. The second-order valence-electron chi connectivity index (χ2n) is 21.2. The molecule has 18 heteroatoms. The molecule has 2 aliphatic carbocycles. The van der Waals surface area contributed by atoms with Gasteiger partial charge in [-0.05, 0) is 138 Å². The molecule has 0 unspecified atom stereocenters.